The molecule has 2 aliphatic carbocycles. The van der Waals surface area contributed by atoms with Crippen LogP contribution < -0.4 is 0 Å². The van der Waals surface area contributed by atoms with E-state index in [-0.39, 0.29) is 11.8 Å². The lowest BCUT2D eigenvalue weighted by atomic mass is 9.89. The summed E-state index contributed by atoms with van der Waals surface area (Å²) in [6.45, 7) is 1.90. The van der Waals surface area contributed by atoms with E-state index in [1.54, 1.807) is 0 Å². The molecule has 0 amide bonds. The normalized spacial score (nSPS) is 32.1. The number of hydrogen-bond donors (Lipinski definition) is 1. The van der Waals surface area contributed by atoms with Crippen molar-refractivity contribution in [2.75, 3.05) is 0 Å². The minimum Gasteiger partial charge on any atom is -0.481 e. The third kappa shape index (κ3) is 0.976. The molecule has 2 aliphatic rings. The van der Waals surface area contributed by atoms with Gasteiger partial charge in [-0.3, -0.25) is 4.79 Å². The number of rotatable bonds is 1. The molecule has 1 N–H and O–H groups in total. The molecule has 0 aliphatic heterocycles. The fraction of sp³-hybridized carbons (Fsp3) is 0.312. The van der Waals surface area contributed by atoms with Crippen LogP contribution in [0, 0.1) is 11.3 Å². The topological polar surface area (TPSA) is 37.3 Å². The first-order valence-corrected chi connectivity index (χ1v) is 6.38. The van der Waals surface area contributed by atoms with Gasteiger partial charge in [0, 0.05) is 5.92 Å². The van der Waals surface area contributed by atoms with E-state index in [4.69, 9.17) is 0 Å². The van der Waals surface area contributed by atoms with Gasteiger partial charge in [0.15, 0.2) is 0 Å². The van der Waals surface area contributed by atoms with Crippen molar-refractivity contribution in [3.63, 3.8) is 0 Å². The van der Waals surface area contributed by atoms with Crippen molar-refractivity contribution >= 4 is 16.7 Å². The average molecular weight is 238 g/mol. The lowest BCUT2D eigenvalue weighted by molar-refractivity contribution is -0.143. The SMILES string of the molecule is C[C@@]1(C(=O)O)[C@@H]2c3cccc4cccc(c34)C[C@@H]21. The predicted molar refractivity (Wildman–Crippen MR) is 69.6 cm³/mol. The van der Waals surface area contributed by atoms with Gasteiger partial charge in [-0.25, -0.2) is 0 Å². The van der Waals surface area contributed by atoms with E-state index in [0.717, 1.165) is 6.42 Å². The Morgan fingerprint density at radius 1 is 1.28 bits per heavy atom. The number of carboxylic acids is 1. The number of hydrogen-bond acceptors (Lipinski definition) is 1. The molecule has 2 aromatic carbocycles. The largest absolute Gasteiger partial charge is 0.481 e. The van der Waals surface area contributed by atoms with Gasteiger partial charge in [0.2, 0.25) is 0 Å². The van der Waals surface area contributed by atoms with Crippen LogP contribution in [0.15, 0.2) is 36.4 Å². The summed E-state index contributed by atoms with van der Waals surface area (Å²) < 4.78 is 0. The van der Waals surface area contributed by atoms with Crippen LogP contribution >= 0.6 is 0 Å². The molecular formula is C16H14O2. The molecule has 0 heterocycles. The van der Waals surface area contributed by atoms with Crippen molar-refractivity contribution in [1.29, 1.82) is 0 Å². The monoisotopic (exact) mass is 238 g/mol. The minimum atomic E-state index is -0.651. The van der Waals surface area contributed by atoms with Gasteiger partial charge in [-0.2, -0.15) is 0 Å². The number of aliphatic carboxylic acids is 1. The van der Waals surface area contributed by atoms with Gasteiger partial charge in [0.25, 0.3) is 0 Å². The van der Waals surface area contributed by atoms with Crippen LogP contribution in [0.4, 0.5) is 0 Å². The Morgan fingerprint density at radius 2 is 2.00 bits per heavy atom. The van der Waals surface area contributed by atoms with Gasteiger partial charge in [0.1, 0.15) is 0 Å². The molecule has 0 radical (unpaired) electrons. The minimum absolute atomic E-state index is 0.202. The molecule has 0 aromatic heterocycles. The molecule has 0 spiro atoms. The Balaban J connectivity index is 2.01. The fourth-order valence-electron chi connectivity index (χ4n) is 3.88. The first kappa shape index (κ1) is 10.1. The van der Waals surface area contributed by atoms with Crippen molar-refractivity contribution in [3.8, 4) is 0 Å². The number of benzene rings is 2. The highest BCUT2D eigenvalue weighted by Gasteiger charge is 2.68. The summed E-state index contributed by atoms with van der Waals surface area (Å²) in [4.78, 5) is 11.5. The van der Waals surface area contributed by atoms with E-state index in [1.165, 1.54) is 21.9 Å². The van der Waals surface area contributed by atoms with Crippen molar-refractivity contribution in [2.45, 2.75) is 19.3 Å². The third-order valence-corrected chi connectivity index (χ3v) is 4.97. The molecule has 18 heavy (non-hydrogen) atoms. The quantitative estimate of drug-likeness (QED) is 0.828. The van der Waals surface area contributed by atoms with Gasteiger partial charge in [-0.1, -0.05) is 36.4 Å². The lowest BCUT2D eigenvalue weighted by Gasteiger charge is -2.15. The second kappa shape index (κ2) is 2.94. The maximum Gasteiger partial charge on any atom is 0.310 e. The summed E-state index contributed by atoms with van der Waals surface area (Å²) in [5.74, 6) is -0.175. The highest BCUT2D eigenvalue weighted by molar-refractivity contribution is 5.94. The molecule has 1 saturated carbocycles. The zero-order chi connectivity index (χ0) is 12.5. The lowest BCUT2D eigenvalue weighted by Crippen LogP contribution is -2.14. The summed E-state index contributed by atoms with van der Waals surface area (Å²) in [6, 6.07) is 12.6. The van der Waals surface area contributed by atoms with E-state index in [1.807, 2.05) is 13.0 Å². The summed E-state index contributed by atoms with van der Waals surface area (Å²) in [5, 5.41) is 12.0. The van der Waals surface area contributed by atoms with Crippen LogP contribution in [0.3, 0.4) is 0 Å². The van der Waals surface area contributed by atoms with Crippen molar-refractivity contribution in [2.24, 2.45) is 11.3 Å². The highest BCUT2D eigenvalue weighted by atomic mass is 16.4. The zero-order valence-corrected chi connectivity index (χ0v) is 10.2. The Labute approximate surface area is 105 Å². The third-order valence-electron chi connectivity index (χ3n) is 4.97. The molecule has 0 saturated heterocycles. The Bertz CT molecular complexity index is 683. The number of carboxylic acid groups (broad SMARTS) is 1. The zero-order valence-electron chi connectivity index (χ0n) is 10.2. The average Bonchev–Trinajstić information content (AvgIpc) is 2.98. The standard InChI is InChI=1S/C16H14O2/c1-16(15(17)18)12-8-10-6-2-4-9-5-3-7-11(13(9)10)14(12)16/h2-7,12,14H,8H2,1H3,(H,17,18)/t12-,14+,16-/m0/s1. The second-order valence-electron chi connectivity index (χ2n) is 5.74. The Kier molecular flexibility index (Phi) is 1.66. The highest BCUT2D eigenvalue weighted by Crippen LogP contribution is 2.69. The van der Waals surface area contributed by atoms with Crippen molar-refractivity contribution in [1.82, 2.24) is 0 Å². The molecule has 0 unspecified atom stereocenters. The summed E-state index contributed by atoms with van der Waals surface area (Å²) >= 11 is 0. The first-order chi connectivity index (χ1) is 8.64. The molecular weight excluding hydrogens is 224 g/mol. The van der Waals surface area contributed by atoms with E-state index in [9.17, 15) is 9.90 Å². The maximum absolute atomic E-state index is 11.5. The maximum atomic E-state index is 11.5. The summed E-state index contributed by atoms with van der Waals surface area (Å²) in [5.41, 5.74) is 1.99. The van der Waals surface area contributed by atoms with Gasteiger partial charge in [-0.05, 0) is 41.2 Å². The van der Waals surface area contributed by atoms with Gasteiger partial charge < -0.3 is 5.11 Å². The summed E-state index contributed by atoms with van der Waals surface area (Å²) in [6.07, 6.45) is 0.905. The van der Waals surface area contributed by atoms with Crippen LogP contribution in [0.25, 0.3) is 10.8 Å². The van der Waals surface area contributed by atoms with Gasteiger partial charge >= 0.3 is 5.97 Å². The molecule has 1 fully saturated rings. The van der Waals surface area contributed by atoms with E-state index in [0.29, 0.717) is 0 Å². The molecule has 0 bridgehead atoms. The smallest absolute Gasteiger partial charge is 0.310 e. The molecule has 2 nitrogen and oxygen atoms in total. The van der Waals surface area contributed by atoms with E-state index in [2.05, 4.69) is 30.3 Å². The Morgan fingerprint density at radius 3 is 2.72 bits per heavy atom. The fourth-order valence-corrected chi connectivity index (χ4v) is 3.88. The van der Waals surface area contributed by atoms with Crippen LogP contribution in [0.2, 0.25) is 0 Å². The molecule has 4 rings (SSSR count). The molecule has 90 valence electrons. The number of carbonyl (C=O) groups is 1. The van der Waals surface area contributed by atoms with E-state index >= 15 is 0 Å². The van der Waals surface area contributed by atoms with Crippen molar-refractivity contribution < 1.29 is 9.90 Å². The van der Waals surface area contributed by atoms with Gasteiger partial charge in [-0.15, -0.1) is 0 Å². The van der Waals surface area contributed by atoms with Gasteiger partial charge in [0.05, 0.1) is 5.41 Å². The molecule has 2 aromatic rings. The van der Waals surface area contributed by atoms with Crippen LogP contribution in [-0.2, 0) is 11.2 Å². The molecule has 3 atom stereocenters. The van der Waals surface area contributed by atoms with Crippen LogP contribution in [-0.4, -0.2) is 11.1 Å². The second-order valence-corrected chi connectivity index (χ2v) is 5.74. The van der Waals surface area contributed by atoms with E-state index < -0.39 is 11.4 Å². The van der Waals surface area contributed by atoms with Crippen LogP contribution in [0.5, 0.6) is 0 Å². The Hall–Kier alpha value is -1.83. The predicted octanol–water partition coefficient (Wildman–Crippen LogP) is 3.20. The number of fused-ring (bicyclic) bond motifs is 2. The van der Waals surface area contributed by atoms with Crippen LogP contribution in [0.1, 0.15) is 24.0 Å². The summed E-state index contributed by atoms with van der Waals surface area (Å²) in [7, 11) is 0. The van der Waals surface area contributed by atoms with Crippen molar-refractivity contribution in [3.05, 3.63) is 47.5 Å². The molecule has 2 heteroatoms. The first-order valence-electron chi connectivity index (χ1n) is 6.38.